The first kappa shape index (κ1) is 30.7. The smallest absolute Gasteiger partial charge is 0.409 e. The molecule has 0 bridgehead atoms. The van der Waals surface area contributed by atoms with Gasteiger partial charge in [0.05, 0.1) is 6.61 Å². The molecular formula is C22H45IN6O3. The maximum absolute atomic E-state index is 12.0. The van der Waals surface area contributed by atoms with Crippen molar-refractivity contribution in [2.75, 3.05) is 53.4 Å². The minimum atomic E-state index is -0.246. The summed E-state index contributed by atoms with van der Waals surface area (Å²) < 4.78 is 5.09. The van der Waals surface area contributed by atoms with Crippen molar-refractivity contribution in [3.8, 4) is 0 Å². The highest BCUT2D eigenvalue weighted by Crippen LogP contribution is 2.11. The Morgan fingerprint density at radius 1 is 1.12 bits per heavy atom. The number of nitrogens with one attached hydrogen (secondary N) is 2. The van der Waals surface area contributed by atoms with Gasteiger partial charge >= 0.3 is 6.09 Å². The first-order valence-electron chi connectivity index (χ1n) is 11.6. The predicted molar refractivity (Wildman–Crippen MR) is 141 cm³/mol. The monoisotopic (exact) mass is 568 g/mol. The molecule has 1 saturated heterocycles. The second kappa shape index (κ2) is 16.3. The van der Waals surface area contributed by atoms with E-state index in [0.717, 1.165) is 32.4 Å². The molecule has 32 heavy (non-hydrogen) atoms. The van der Waals surface area contributed by atoms with E-state index in [1.54, 1.807) is 23.9 Å². The molecule has 2 N–H and O–H groups in total. The highest BCUT2D eigenvalue weighted by atomic mass is 127. The van der Waals surface area contributed by atoms with Crippen molar-refractivity contribution in [3.05, 3.63) is 0 Å². The number of hydrogen-bond acceptors (Lipinski definition) is 5. The molecule has 1 aliphatic heterocycles. The second-order valence-corrected chi connectivity index (χ2v) is 8.76. The van der Waals surface area contributed by atoms with Crippen molar-refractivity contribution >= 4 is 41.9 Å². The Kier molecular flexibility index (Phi) is 15.7. The van der Waals surface area contributed by atoms with Crippen LogP contribution in [0.25, 0.3) is 0 Å². The molecule has 9 nitrogen and oxygen atoms in total. The Morgan fingerprint density at radius 3 is 2.22 bits per heavy atom. The fourth-order valence-corrected chi connectivity index (χ4v) is 3.64. The summed E-state index contributed by atoms with van der Waals surface area (Å²) >= 11 is 0. The fourth-order valence-electron chi connectivity index (χ4n) is 3.64. The number of carbonyl (C=O) groups excluding carboxylic acids is 2. The van der Waals surface area contributed by atoms with Gasteiger partial charge < -0.3 is 25.2 Å². The molecule has 0 radical (unpaired) electrons. The van der Waals surface area contributed by atoms with Gasteiger partial charge in [-0.05, 0) is 53.9 Å². The van der Waals surface area contributed by atoms with Gasteiger partial charge in [-0.15, -0.1) is 24.0 Å². The van der Waals surface area contributed by atoms with Crippen LogP contribution in [0.3, 0.4) is 0 Å². The van der Waals surface area contributed by atoms with Crippen LogP contribution in [0.4, 0.5) is 4.79 Å². The van der Waals surface area contributed by atoms with Gasteiger partial charge in [-0.25, -0.2) is 9.79 Å². The third kappa shape index (κ3) is 11.5. The molecule has 1 fully saturated rings. The number of likely N-dealkylation sites (N-methyl/N-ethyl adjacent to an activating group) is 1. The zero-order valence-electron chi connectivity index (χ0n) is 21.0. The van der Waals surface area contributed by atoms with E-state index in [1.165, 1.54) is 0 Å². The average Bonchev–Trinajstić information content (AvgIpc) is 2.71. The molecule has 1 aliphatic rings. The number of hydrogen-bond donors (Lipinski definition) is 2. The maximum Gasteiger partial charge on any atom is 0.409 e. The number of nitrogens with zero attached hydrogens (tertiary/aromatic N) is 4. The van der Waals surface area contributed by atoms with E-state index in [-0.39, 0.29) is 48.6 Å². The summed E-state index contributed by atoms with van der Waals surface area (Å²) in [7, 11) is 3.46. The Bertz CT molecular complexity index is 570. The summed E-state index contributed by atoms with van der Waals surface area (Å²) in [5, 5.41) is 6.84. The lowest BCUT2D eigenvalue weighted by molar-refractivity contribution is -0.127. The van der Waals surface area contributed by atoms with Gasteiger partial charge in [0.2, 0.25) is 5.91 Å². The van der Waals surface area contributed by atoms with Gasteiger partial charge in [-0.1, -0.05) is 0 Å². The van der Waals surface area contributed by atoms with Crippen LogP contribution in [0.1, 0.15) is 53.9 Å². The quantitative estimate of drug-likeness (QED) is 0.182. The number of piperidine rings is 1. The number of guanidine groups is 1. The van der Waals surface area contributed by atoms with E-state index in [4.69, 9.17) is 4.74 Å². The molecular weight excluding hydrogens is 523 g/mol. The standard InChI is InChI=1S/C22H44N6O3.HI/c1-8-31-22(30)27-14-10-19(11-15-27)25-21(24-16-20(29)26(6)7)23-12-9-13-28(17(2)3)18(4)5;/h17-19H,8-16H2,1-7H3,(H2,23,24,25);1H. The van der Waals surface area contributed by atoms with E-state index in [1.807, 2.05) is 6.92 Å². The lowest BCUT2D eigenvalue weighted by atomic mass is 10.1. The number of ether oxygens (including phenoxy) is 1. The maximum atomic E-state index is 12.0. The Balaban J connectivity index is 0.00000961. The van der Waals surface area contributed by atoms with E-state index in [0.29, 0.717) is 37.7 Å². The predicted octanol–water partition coefficient (Wildman–Crippen LogP) is 2.36. The molecule has 0 aromatic rings. The minimum Gasteiger partial charge on any atom is -0.450 e. The average molecular weight is 569 g/mol. The Labute approximate surface area is 211 Å². The summed E-state index contributed by atoms with van der Waals surface area (Å²) in [5.41, 5.74) is 0. The summed E-state index contributed by atoms with van der Waals surface area (Å²) in [4.78, 5) is 34.1. The van der Waals surface area contributed by atoms with Crippen LogP contribution in [0, 0.1) is 0 Å². The summed E-state index contributed by atoms with van der Waals surface area (Å²) in [6, 6.07) is 1.22. The van der Waals surface area contributed by atoms with E-state index >= 15 is 0 Å². The number of aliphatic imine (C=N–C) groups is 1. The molecule has 2 amide bonds. The van der Waals surface area contributed by atoms with Crippen LogP contribution in [-0.4, -0.2) is 104 Å². The normalized spacial score (nSPS) is 15.1. The molecule has 0 spiro atoms. The number of carbonyl (C=O) groups is 2. The molecule has 0 aromatic carbocycles. The van der Waals surface area contributed by atoms with Crippen molar-refractivity contribution in [1.29, 1.82) is 0 Å². The molecule has 0 aliphatic carbocycles. The summed E-state index contributed by atoms with van der Waals surface area (Å²) in [6.07, 6.45) is 2.37. The van der Waals surface area contributed by atoms with Crippen LogP contribution in [0.2, 0.25) is 0 Å². The van der Waals surface area contributed by atoms with Crippen molar-refractivity contribution in [1.82, 2.24) is 25.3 Å². The zero-order valence-corrected chi connectivity index (χ0v) is 23.3. The van der Waals surface area contributed by atoms with Gasteiger partial charge in [0.25, 0.3) is 0 Å². The van der Waals surface area contributed by atoms with Crippen molar-refractivity contribution in [3.63, 3.8) is 0 Å². The van der Waals surface area contributed by atoms with Crippen LogP contribution < -0.4 is 10.6 Å². The van der Waals surface area contributed by atoms with Crippen molar-refractivity contribution < 1.29 is 14.3 Å². The lowest BCUT2D eigenvalue weighted by Gasteiger charge is -2.32. The van der Waals surface area contributed by atoms with Gasteiger partial charge in [0.1, 0.15) is 6.54 Å². The third-order valence-electron chi connectivity index (χ3n) is 5.45. The van der Waals surface area contributed by atoms with E-state index in [9.17, 15) is 9.59 Å². The topological polar surface area (TPSA) is 89.5 Å². The molecule has 188 valence electrons. The first-order chi connectivity index (χ1) is 14.6. The fraction of sp³-hybridized carbons (Fsp3) is 0.864. The molecule has 0 atom stereocenters. The first-order valence-corrected chi connectivity index (χ1v) is 11.6. The second-order valence-electron chi connectivity index (χ2n) is 8.76. The van der Waals surface area contributed by atoms with Gasteiger partial charge in [0, 0.05) is 58.4 Å². The molecule has 0 saturated carbocycles. The number of halogens is 1. The van der Waals surface area contributed by atoms with Gasteiger partial charge in [0.15, 0.2) is 5.96 Å². The summed E-state index contributed by atoms with van der Waals surface area (Å²) in [5.74, 6) is 0.620. The highest BCUT2D eigenvalue weighted by Gasteiger charge is 2.24. The number of amides is 2. The molecule has 10 heteroatoms. The number of likely N-dealkylation sites (tertiary alicyclic amines) is 1. The molecule has 1 heterocycles. The van der Waals surface area contributed by atoms with Crippen LogP contribution >= 0.6 is 24.0 Å². The largest absolute Gasteiger partial charge is 0.450 e. The zero-order chi connectivity index (χ0) is 23.4. The van der Waals surface area contributed by atoms with Crippen LogP contribution in [-0.2, 0) is 9.53 Å². The lowest BCUT2D eigenvalue weighted by Crippen LogP contribution is -2.50. The van der Waals surface area contributed by atoms with Crippen LogP contribution in [0.15, 0.2) is 4.99 Å². The van der Waals surface area contributed by atoms with Gasteiger partial charge in [-0.2, -0.15) is 0 Å². The SMILES string of the molecule is CCOC(=O)N1CCC(NC(=NCC(=O)N(C)C)NCCCN(C(C)C)C(C)C)CC1.I. The molecule has 1 rings (SSSR count). The van der Waals surface area contributed by atoms with Crippen LogP contribution in [0.5, 0.6) is 0 Å². The Hall–Kier alpha value is -1.30. The van der Waals surface area contributed by atoms with E-state index in [2.05, 4.69) is 48.2 Å². The van der Waals surface area contributed by atoms with E-state index < -0.39 is 0 Å². The van der Waals surface area contributed by atoms with Gasteiger partial charge in [-0.3, -0.25) is 9.69 Å². The third-order valence-corrected chi connectivity index (χ3v) is 5.45. The minimum absolute atomic E-state index is 0. The number of rotatable bonds is 10. The molecule has 0 aromatic heterocycles. The summed E-state index contributed by atoms with van der Waals surface area (Å²) in [6.45, 7) is 14.3. The highest BCUT2D eigenvalue weighted by molar-refractivity contribution is 14.0. The molecule has 0 unspecified atom stereocenters. The Morgan fingerprint density at radius 2 is 1.72 bits per heavy atom. The van der Waals surface area contributed by atoms with Crippen molar-refractivity contribution in [2.24, 2.45) is 4.99 Å². The van der Waals surface area contributed by atoms with Crippen molar-refractivity contribution in [2.45, 2.75) is 72.0 Å².